The van der Waals surface area contributed by atoms with Gasteiger partial charge in [-0.2, -0.15) is 0 Å². The number of hydrogen-bond donors (Lipinski definition) is 2. The quantitative estimate of drug-likeness (QED) is 0.829. The highest BCUT2D eigenvalue weighted by Crippen LogP contribution is 2.37. The van der Waals surface area contributed by atoms with Crippen molar-refractivity contribution in [2.45, 2.75) is 19.5 Å². The third-order valence-corrected chi connectivity index (χ3v) is 2.95. The van der Waals surface area contributed by atoms with Crippen LogP contribution in [0.5, 0.6) is 11.5 Å². The van der Waals surface area contributed by atoms with Crippen LogP contribution >= 0.6 is 11.6 Å². The number of carbonyl (C=O) groups is 1. The lowest BCUT2D eigenvalue weighted by molar-refractivity contribution is -0.139. The van der Waals surface area contributed by atoms with Crippen LogP contribution in [0.25, 0.3) is 0 Å². The SMILES string of the molecule is COc1ccc(CNC(C)C(=O)O)c(Cl)c1OC. The summed E-state index contributed by atoms with van der Waals surface area (Å²) >= 11 is 6.16. The number of methoxy groups -OCH3 is 2. The Hall–Kier alpha value is -1.46. The van der Waals surface area contributed by atoms with Crippen LogP contribution in [0.2, 0.25) is 5.02 Å². The summed E-state index contributed by atoms with van der Waals surface area (Å²) in [4.78, 5) is 10.7. The number of carboxylic acid groups (broad SMARTS) is 1. The summed E-state index contributed by atoms with van der Waals surface area (Å²) in [5, 5.41) is 12.0. The van der Waals surface area contributed by atoms with Crippen molar-refractivity contribution >= 4 is 17.6 Å². The van der Waals surface area contributed by atoms with Crippen LogP contribution in [0.15, 0.2) is 12.1 Å². The molecule has 1 aromatic rings. The number of rotatable bonds is 6. The second-order valence-electron chi connectivity index (χ2n) is 3.72. The minimum Gasteiger partial charge on any atom is -0.493 e. The van der Waals surface area contributed by atoms with Gasteiger partial charge in [0.2, 0.25) is 0 Å². The van der Waals surface area contributed by atoms with Crippen LogP contribution in [0.4, 0.5) is 0 Å². The summed E-state index contributed by atoms with van der Waals surface area (Å²) in [5.74, 6) is 0.0746. The van der Waals surface area contributed by atoms with E-state index in [9.17, 15) is 4.79 Å². The number of aliphatic carboxylic acids is 1. The molecule has 1 rings (SSSR count). The molecule has 1 atom stereocenters. The first-order valence-corrected chi connectivity index (χ1v) is 5.74. The average Bonchev–Trinajstić information content (AvgIpc) is 2.36. The van der Waals surface area contributed by atoms with Gasteiger partial charge in [-0.15, -0.1) is 0 Å². The Bertz CT molecular complexity index is 436. The molecular formula is C12H16ClNO4. The molecule has 0 saturated heterocycles. The van der Waals surface area contributed by atoms with Crippen LogP contribution in [-0.2, 0) is 11.3 Å². The van der Waals surface area contributed by atoms with E-state index in [4.69, 9.17) is 26.2 Å². The van der Waals surface area contributed by atoms with Crippen LogP contribution < -0.4 is 14.8 Å². The monoisotopic (exact) mass is 273 g/mol. The summed E-state index contributed by atoms with van der Waals surface area (Å²) in [5.41, 5.74) is 0.752. The molecule has 5 nitrogen and oxygen atoms in total. The Kier molecular flexibility index (Phi) is 5.25. The van der Waals surface area contributed by atoms with E-state index in [1.165, 1.54) is 14.2 Å². The maximum Gasteiger partial charge on any atom is 0.320 e. The summed E-state index contributed by atoms with van der Waals surface area (Å²) in [7, 11) is 3.03. The first-order chi connectivity index (χ1) is 8.51. The summed E-state index contributed by atoms with van der Waals surface area (Å²) < 4.78 is 10.3. The van der Waals surface area contributed by atoms with Crippen molar-refractivity contribution in [3.63, 3.8) is 0 Å². The smallest absolute Gasteiger partial charge is 0.320 e. The van der Waals surface area contributed by atoms with E-state index < -0.39 is 12.0 Å². The normalized spacial score (nSPS) is 12.0. The number of nitrogens with one attached hydrogen (secondary N) is 1. The van der Waals surface area contributed by atoms with E-state index in [1.54, 1.807) is 19.1 Å². The molecule has 6 heteroatoms. The molecule has 0 heterocycles. The van der Waals surface area contributed by atoms with Gasteiger partial charge in [0.15, 0.2) is 11.5 Å². The van der Waals surface area contributed by atoms with Gasteiger partial charge in [0.05, 0.1) is 19.2 Å². The molecule has 100 valence electrons. The van der Waals surface area contributed by atoms with Gasteiger partial charge >= 0.3 is 5.97 Å². The van der Waals surface area contributed by atoms with Crippen LogP contribution in [0, 0.1) is 0 Å². The predicted molar refractivity (Wildman–Crippen MR) is 68.5 cm³/mol. The van der Waals surface area contributed by atoms with Crippen molar-refractivity contribution in [1.82, 2.24) is 5.32 Å². The summed E-state index contributed by atoms with van der Waals surface area (Å²) in [6, 6.07) is 2.85. The molecule has 2 N–H and O–H groups in total. The average molecular weight is 274 g/mol. The maximum absolute atomic E-state index is 10.7. The number of hydrogen-bond acceptors (Lipinski definition) is 4. The number of ether oxygens (including phenoxy) is 2. The van der Waals surface area contributed by atoms with Crippen LogP contribution in [0.3, 0.4) is 0 Å². The minimum absolute atomic E-state index is 0.340. The molecule has 0 bridgehead atoms. The van der Waals surface area contributed by atoms with Crippen molar-refractivity contribution in [2.24, 2.45) is 0 Å². The molecule has 0 aliphatic heterocycles. The van der Waals surface area contributed by atoms with E-state index in [0.29, 0.717) is 23.1 Å². The molecule has 18 heavy (non-hydrogen) atoms. The number of benzene rings is 1. The Labute approximate surface area is 111 Å². The molecule has 0 saturated carbocycles. The largest absolute Gasteiger partial charge is 0.493 e. The molecule has 0 aliphatic carbocycles. The maximum atomic E-state index is 10.7. The Morgan fingerprint density at radius 1 is 1.44 bits per heavy atom. The number of carboxylic acids is 1. The third-order valence-electron chi connectivity index (χ3n) is 2.53. The molecular weight excluding hydrogens is 258 g/mol. The first kappa shape index (κ1) is 14.6. The number of halogens is 1. The van der Waals surface area contributed by atoms with Crippen LogP contribution in [0.1, 0.15) is 12.5 Å². The molecule has 1 aromatic carbocycles. The zero-order valence-electron chi connectivity index (χ0n) is 10.5. The second-order valence-corrected chi connectivity index (χ2v) is 4.09. The molecule has 0 fully saturated rings. The molecule has 0 aromatic heterocycles. The van der Waals surface area contributed by atoms with Crippen molar-refractivity contribution in [3.05, 3.63) is 22.7 Å². The van der Waals surface area contributed by atoms with E-state index >= 15 is 0 Å². The first-order valence-electron chi connectivity index (χ1n) is 5.36. The fraction of sp³-hybridized carbons (Fsp3) is 0.417. The fourth-order valence-electron chi connectivity index (χ4n) is 1.42. The topological polar surface area (TPSA) is 67.8 Å². The van der Waals surface area contributed by atoms with Gasteiger partial charge in [0.1, 0.15) is 6.04 Å². The highest BCUT2D eigenvalue weighted by Gasteiger charge is 2.15. The van der Waals surface area contributed by atoms with Crippen LogP contribution in [-0.4, -0.2) is 31.3 Å². The fourth-order valence-corrected chi connectivity index (χ4v) is 1.72. The highest BCUT2D eigenvalue weighted by atomic mass is 35.5. The Morgan fingerprint density at radius 3 is 2.61 bits per heavy atom. The predicted octanol–water partition coefficient (Wildman–Crippen LogP) is 1.92. The summed E-state index contributed by atoms with van der Waals surface area (Å²) in [6.07, 6.45) is 0. The molecule has 1 unspecified atom stereocenters. The minimum atomic E-state index is -0.911. The zero-order chi connectivity index (χ0) is 13.7. The van der Waals surface area contributed by atoms with Gasteiger partial charge in [-0.1, -0.05) is 17.7 Å². The highest BCUT2D eigenvalue weighted by molar-refractivity contribution is 6.33. The standard InChI is InChI=1S/C12H16ClNO4/c1-7(12(15)16)14-6-8-4-5-9(17-2)11(18-3)10(8)13/h4-5,7,14H,6H2,1-3H3,(H,15,16). The van der Waals surface area contributed by atoms with Crippen molar-refractivity contribution in [3.8, 4) is 11.5 Å². The third kappa shape index (κ3) is 3.27. The molecule has 0 radical (unpaired) electrons. The molecule has 0 amide bonds. The van der Waals surface area contributed by atoms with E-state index in [1.807, 2.05) is 0 Å². The lowest BCUT2D eigenvalue weighted by Gasteiger charge is -2.14. The Morgan fingerprint density at radius 2 is 2.11 bits per heavy atom. The van der Waals surface area contributed by atoms with Crippen molar-refractivity contribution in [1.29, 1.82) is 0 Å². The van der Waals surface area contributed by atoms with Gasteiger partial charge in [0, 0.05) is 6.54 Å². The van der Waals surface area contributed by atoms with E-state index in [2.05, 4.69) is 5.32 Å². The lowest BCUT2D eigenvalue weighted by Crippen LogP contribution is -2.33. The van der Waals surface area contributed by atoms with Gasteiger partial charge in [-0.25, -0.2) is 0 Å². The van der Waals surface area contributed by atoms with Gasteiger partial charge in [-0.3, -0.25) is 4.79 Å². The van der Waals surface area contributed by atoms with Gasteiger partial charge in [-0.05, 0) is 18.6 Å². The molecule has 0 spiro atoms. The zero-order valence-corrected chi connectivity index (χ0v) is 11.2. The van der Waals surface area contributed by atoms with Gasteiger partial charge in [0.25, 0.3) is 0 Å². The van der Waals surface area contributed by atoms with Crippen molar-refractivity contribution < 1.29 is 19.4 Å². The van der Waals surface area contributed by atoms with E-state index in [0.717, 1.165) is 5.56 Å². The molecule has 0 aliphatic rings. The van der Waals surface area contributed by atoms with Crippen molar-refractivity contribution in [2.75, 3.05) is 14.2 Å². The van der Waals surface area contributed by atoms with E-state index in [-0.39, 0.29) is 0 Å². The second kappa shape index (κ2) is 6.47. The lowest BCUT2D eigenvalue weighted by atomic mass is 10.2. The van der Waals surface area contributed by atoms with Gasteiger partial charge < -0.3 is 19.9 Å². The summed E-state index contributed by atoms with van der Waals surface area (Å²) in [6.45, 7) is 1.91. The Balaban J connectivity index is 2.87.